The summed E-state index contributed by atoms with van der Waals surface area (Å²) < 4.78 is 30.0. The number of nitro groups is 1. The molecule has 0 radical (unpaired) electrons. The van der Waals surface area contributed by atoms with E-state index >= 15 is 0 Å². The molecule has 8 nitrogen and oxygen atoms in total. The molecule has 0 spiro atoms. The molecule has 126 valence electrons. The van der Waals surface area contributed by atoms with Crippen molar-refractivity contribution in [3.63, 3.8) is 0 Å². The van der Waals surface area contributed by atoms with E-state index in [-0.39, 0.29) is 46.2 Å². The zero-order valence-corrected chi connectivity index (χ0v) is 13.7. The Kier molecular flexibility index (Phi) is 5.23. The molecule has 1 aliphatic rings. The molecule has 1 aromatic heterocycles. The Hall–Kier alpha value is -1.71. The van der Waals surface area contributed by atoms with Gasteiger partial charge in [0.05, 0.1) is 10.7 Å². The van der Waals surface area contributed by atoms with Crippen LogP contribution in [0.3, 0.4) is 0 Å². The van der Waals surface area contributed by atoms with Gasteiger partial charge in [0.25, 0.3) is 5.69 Å². The highest BCUT2D eigenvalue weighted by atomic mass is 35.5. The maximum absolute atomic E-state index is 12.4. The third kappa shape index (κ3) is 3.80. The van der Waals surface area contributed by atoms with Crippen LogP contribution < -0.4 is 5.32 Å². The van der Waals surface area contributed by atoms with Crippen LogP contribution in [-0.4, -0.2) is 36.7 Å². The van der Waals surface area contributed by atoms with Crippen molar-refractivity contribution in [2.24, 2.45) is 0 Å². The monoisotopic (exact) mass is 361 g/mol. The highest BCUT2D eigenvalue weighted by Crippen LogP contribution is 2.24. The van der Waals surface area contributed by atoms with E-state index in [0.29, 0.717) is 0 Å². The minimum absolute atomic E-state index is 0. The lowest BCUT2D eigenvalue weighted by Gasteiger charge is -2.22. The minimum atomic E-state index is -3.66. The van der Waals surface area contributed by atoms with Gasteiger partial charge < -0.3 is 9.73 Å². The van der Waals surface area contributed by atoms with E-state index in [9.17, 15) is 18.5 Å². The molecule has 1 aliphatic heterocycles. The summed E-state index contributed by atoms with van der Waals surface area (Å²) in [5, 5.41) is 13.5. The van der Waals surface area contributed by atoms with Crippen molar-refractivity contribution in [1.82, 2.24) is 10.3 Å². The number of oxazole rings is 1. The molecule has 10 heteroatoms. The van der Waals surface area contributed by atoms with Gasteiger partial charge in [0.1, 0.15) is 5.52 Å². The average Bonchev–Trinajstić information content (AvgIpc) is 2.91. The largest absolute Gasteiger partial charge is 0.428 e. The summed E-state index contributed by atoms with van der Waals surface area (Å²) in [6.07, 6.45) is 2.83. The molecule has 1 aromatic carbocycles. The van der Waals surface area contributed by atoms with Gasteiger partial charge in [-0.2, -0.15) is 4.98 Å². The number of halogens is 1. The highest BCUT2D eigenvalue weighted by Gasteiger charge is 2.27. The third-order valence-corrected chi connectivity index (χ3v) is 5.21. The minimum Gasteiger partial charge on any atom is -0.428 e. The van der Waals surface area contributed by atoms with Gasteiger partial charge in [-0.1, -0.05) is 6.42 Å². The molecular weight excluding hydrogens is 346 g/mol. The predicted octanol–water partition coefficient (Wildman–Crippen LogP) is 2.07. The second kappa shape index (κ2) is 6.81. The van der Waals surface area contributed by atoms with Crippen LogP contribution in [0.4, 0.5) is 5.69 Å². The van der Waals surface area contributed by atoms with Crippen molar-refractivity contribution in [2.45, 2.75) is 30.5 Å². The molecule has 1 atom stereocenters. The number of hydrogen-bond acceptors (Lipinski definition) is 7. The summed E-state index contributed by atoms with van der Waals surface area (Å²) in [4.78, 5) is 14.1. The van der Waals surface area contributed by atoms with Crippen LogP contribution in [0, 0.1) is 10.1 Å². The molecule has 0 bridgehead atoms. The first kappa shape index (κ1) is 17.6. The number of nitro benzene ring substituents is 1. The number of piperidine rings is 1. The summed E-state index contributed by atoms with van der Waals surface area (Å²) >= 11 is 0. The van der Waals surface area contributed by atoms with E-state index in [1.165, 1.54) is 18.2 Å². The lowest BCUT2D eigenvalue weighted by molar-refractivity contribution is -0.384. The molecule has 1 saturated heterocycles. The fraction of sp³-hybridized carbons (Fsp3) is 0.462. The summed E-state index contributed by atoms with van der Waals surface area (Å²) in [5.74, 6) is -0.0814. The zero-order chi connectivity index (χ0) is 15.7. The van der Waals surface area contributed by atoms with E-state index in [0.717, 1.165) is 25.8 Å². The van der Waals surface area contributed by atoms with Gasteiger partial charge in [0.2, 0.25) is 9.84 Å². The first-order valence-corrected chi connectivity index (χ1v) is 8.62. The molecule has 2 aromatic rings. The third-order valence-electron chi connectivity index (χ3n) is 3.66. The van der Waals surface area contributed by atoms with E-state index in [1.54, 1.807) is 0 Å². The lowest BCUT2D eigenvalue weighted by Crippen LogP contribution is -2.39. The quantitative estimate of drug-likeness (QED) is 0.654. The van der Waals surface area contributed by atoms with Crippen molar-refractivity contribution in [2.75, 3.05) is 12.3 Å². The Balaban J connectivity index is 0.00000192. The maximum Gasteiger partial charge on any atom is 0.316 e. The molecule has 0 saturated carbocycles. The van der Waals surface area contributed by atoms with Crippen molar-refractivity contribution < 1.29 is 17.8 Å². The summed E-state index contributed by atoms with van der Waals surface area (Å²) in [6.45, 7) is 0.805. The summed E-state index contributed by atoms with van der Waals surface area (Å²) in [5.41, 5.74) is 0.240. The molecule has 1 N–H and O–H groups in total. The number of hydrogen-bond donors (Lipinski definition) is 1. The number of nitrogens with one attached hydrogen (secondary N) is 1. The van der Waals surface area contributed by atoms with Gasteiger partial charge in [0, 0.05) is 18.2 Å². The van der Waals surface area contributed by atoms with Gasteiger partial charge in [-0.05, 0) is 25.5 Å². The fourth-order valence-electron chi connectivity index (χ4n) is 2.54. The number of benzene rings is 1. The average molecular weight is 362 g/mol. The normalized spacial score (nSPS) is 18.5. The van der Waals surface area contributed by atoms with Crippen LogP contribution in [0.2, 0.25) is 0 Å². The Labute approximate surface area is 138 Å². The topological polar surface area (TPSA) is 115 Å². The van der Waals surface area contributed by atoms with E-state index < -0.39 is 14.8 Å². The predicted molar refractivity (Wildman–Crippen MR) is 85.6 cm³/mol. The molecule has 3 rings (SSSR count). The number of fused-ring (bicyclic) bond motifs is 1. The highest BCUT2D eigenvalue weighted by molar-refractivity contribution is 7.91. The van der Waals surface area contributed by atoms with Gasteiger partial charge in [0.15, 0.2) is 5.58 Å². The smallest absolute Gasteiger partial charge is 0.316 e. The molecule has 1 unspecified atom stereocenters. The van der Waals surface area contributed by atoms with E-state index in [4.69, 9.17) is 4.42 Å². The molecule has 0 aliphatic carbocycles. The Morgan fingerprint density at radius 3 is 2.83 bits per heavy atom. The number of rotatable bonds is 4. The summed E-state index contributed by atoms with van der Waals surface area (Å²) in [7, 11) is -3.66. The van der Waals surface area contributed by atoms with Gasteiger partial charge in [-0.3, -0.25) is 10.1 Å². The second-order valence-electron chi connectivity index (χ2n) is 5.32. The maximum atomic E-state index is 12.4. The Morgan fingerprint density at radius 1 is 1.39 bits per heavy atom. The van der Waals surface area contributed by atoms with Crippen LogP contribution in [0.15, 0.2) is 27.8 Å². The van der Waals surface area contributed by atoms with Gasteiger partial charge in [-0.25, -0.2) is 8.42 Å². The number of nitrogens with zero attached hydrogens (tertiary/aromatic N) is 2. The molecule has 2 heterocycles. The van der Waals surface area contributed by atoms with Crippen LogP contribution in [0.25, 0.3) is 11.1 Å². The lowest BCUT2D eigenvalue weighted by atomic mass is 10.1. The first-order valence-electron chi connectivity index (χ1n) is 6.97. The SMILES string of the molecule is Cl.O=[N+]([O-])c1ccc2oc(S(=O)(=O)CC3CCCCN3)nc2c1. The van der Waals surface area contributed by atoms with Gasteiger partial charge >= 0.3 is 5.22 Å². The molecule has 1 fully saturated rings. The van der Waals surface area contributed by atoms with Crippen molar-refractivity contribution in [1.29, 1.82) is 0 Å². The summed E-state index contributed by atoms with van der Waals surface area (Å²) in [6, 6.07) is 3.71. The zero-order valence-electron chi connectivity index (χ0n) is 12.1. The van der Waals surface area contributed by atoms with Crippen molar-refractivity contribution in [3.05, 3.63) is 28.3 Å². The first-order chi connectivity index (χ1) is 10.5. The molecule has 0 amide bonds. The molecule has 23 heavy (non-hydrogen) atoms. The van der Waals surface area contributed by atoms with Crippen molar-refractivity contribution >= 4 is 39.0 Å². The number of non-ortho nitro benzene ring substituents is 1. The number of aromatic nitrogens is 1. The van der Waals surface area contributed by atoms with Gasteiger partial charge in [-0.15, -0.1) is 12.4 Å². The van der Waals surface area contributed by atoms with Crippen LogP contribution in [-0.2, 0) is 9.84 Å². The van der Waals surface area contributed by atoms with Crippen LogP contribution >= 0.6 is 12.4 Å². The van der Waals surface area contributed by atoms with Crippen molar-refractivity contribution in [3.8, 4) is 0 Å². The standard InChI is InChI=1S/C13H15N3O5S.ClH/c17-16(18)10-4-5-12-11(7-10)15-13(21-12)22(19,20)8-9-3-1-2-6-14-9;/h4-5,7,9,14H,1-3,6,8H2;1H. The fourth-order valence-corrected chi connectivity index (χ4v) is 3.95. The van der Waals surface area contributed by atoms with E-state index in [2.05, 4.69) is 10.3 Å². The number of sulfone groups is 1. The Bertz CT molecular complexity index is 814. The second-order valence-corrected chi connectivity index (χ2v) is 7.23. The van der Waals surface area contributed by atoms with E-state index in [1.807, 2.05) is 0 Å². The van der Waals surface area contributed by atoms with Crippen LogP contribution in [0.5, 0.6) is 0 Å². The Morgan fingerprint density at radius 2 is 2.17 bits per heavy atom. The molecular formula is C13H16ClN3O5S. The van der Waals surface area contributed by atoms with Crippen LogP contribution in [0.1, 0.15) is 19.3 Å².